The summed E-state index contributed by atoms with van der Waals surface area (Å²) >= 11 is 1.65. The fourth-order valence-corrected chi connectivity index (χ4v) is 3.96. The van der Waals surface area contributed by atoms with Crippen LogP contribution in [0.5, 0.6) is 0 Å². The highest BCUT2D eigenvalue weighted by Crippen LogP contribution is 2.10. The molecule has 7 nitrogen and oxygen atoms in total. The first-order chi connectivity index (χ1) is 12.6. The Balaban J connectivity index is 1.38. The van der Waals surface area contributed by atoms with Crippen molar-refractivity contribution in [2.45, 2.75) is 19.5 Å². The number of nitrogens with zero attached hydrogens (tertiary/aromatic N) is 3. The molecule has 1 N–H and O–H groups in total. The van der Waals surface area contributed by atoms with Gasteiger partial charge in [-0.1, -0.05) is 6.07 Å². The minimum atomic E-state index is -0.146. The molecule has 1 unspecified atom stereocenters. The molecule has 0 aromatic carbocycles. The van der Waals surface area contributed by atoms with Gasteiger partial charge in [-0.05, 0) is 18.4 Å². The largest absolute Gasteiger partial charge is 0.378 e. The van der Waals surface area contributed by atoms with E-state index in [1.165, 1.54) is 0 Å². The van der Waals surface area contributed by atoms with Crippen molar-refractivity contribution in [3.05, 3.63) is 22.4 Å². The summed E-state index contributed by atoms with van der Waals surface area (Å²) in [5, 5.41) is 5.03. The van der Waals surface area contributed by atoms with Crippen molar-refractivity contribution in [1.82, 2.24) is 20.0 Å². The highest BCUT2D eigenvalue weighted by molar-refractivity contribution is 7.09. The van der Waals surface area contributed by atoms with Crippen molar-refractivity contribution in [1.29, 1.82) is 0 Å². The lowest BCUT2D eigenvalue weighted by molar-refractivity contribution is -0.137. The Labute approximate surface area is 158 Å². The SMILES string of the molecule is CC(C(=O)NCc1cccs1)N1CCN(CC(=O)N2CCOCC2)CC1. The van der Waals surface area contributed by atoms with Gasteiger partial charge in [0.1, 0.15) is 0 Å². The zero-order valence-corrected chi connectivity index (χ0v) is 16.2. The second-order valence-corrected chi connectivity index (χ2v) is 7.81. The second-order valence-electron chi connectivity index (χ2n) is 6.78. The van der Waals surface area contributed by atoms with Gasteiger partial charge in [-0.25, -0.2) is 0 Å². The summed E-state index contributed by atoms with van der Waals surface area (Å²) < 4.78 is 5.29. The third-order valence-electron chi connectivity index (χ3n) is 5.07. The predicted octanol–water partition coefficient (Wildman–Crippen LogP) is 0.229. The van der Waals surface area contributed by atoms with E-state index in [1.807, 2.05) is 29.3 Å². The molecule has 1 atom stereocenters. The Hall–Kier alpha value is -1.48. The maximum atomic E-state index is 12.4. The van der Waals surface area contributed by atoms with Crippen LogP contribution in [-0.2, 0) is 20.9 Å². The van der Waals surface area contributed by atoms with Crippen LogP contribution < -0.4 is 5.32 Å². The van der Waals surface area contributed by atoms with Crippen LogP contribution in [0.4, 0.5) is 0 Å². The lowest BCUT2D eigenvalue weighted by Gasteiger charge is -2.38. The smallest absolute Gasteiger partial charge is 0.237 e. The maximum absolute atomic E-state index is 12.4. The van der Waals surface area contributed by atoms with Crippen molar-refractivity contribution in [2.24, 2.45) is 0 Å². The van der Waals surface area contributed by atoms with E-state index in [2.05, 4.69) is 15.1 Å². The molecule has 0 saturated carbocycles. The summed E-state index contributed by atoms with van der Waals surface area (Å²) in [6, 6.07) is 3.87. The van der Waals surface area contributed by atoms with Crippen LogP contribution in [0, 0.1) is 0 Å². The molecule has 0 spiro atoms. The van der Waals surface area contributed by atoms with Crippen LogP contribution in [0.15, 0.2) is 17.5 Å². The molecule has 0 bridgehead atoms. The molecular weight excluding hydrogens is 352 g/mol. The van der Waals surface area contributed by atoms with Gasteiger partial charge < -0.3 is 15.0 Å². The van der Waals surface area contributed by atoms with Crippen LogP contribution in [0.3, 0.4) is 0 Å². The topological polar surface area (TPSA) is 65.1 Å². The van der Waals surface area contributed by atoms with E-state index in [-0.39, 0.29) is 17.9 Å². The summed E-state index contributed by atoms with van der Waals surface area (Å²) in [6.07, 6.45) is 0. The molecule has 2 aliphatic heterocycles. The molecule has 144 valence electrons. The molecule has 2 aliphatic rings. The Kier molecular flexibility index (Phi) is 7.01. The summed E-state index contributed by atoms with van der Waals surface area (Å²) in [4.78, 5) is 32.1. The van der Waals surface area contributed by atoms with Crippen molar-refractivity contribution < 1.29 is 14.3 Å². The lowest BCUT2D eigenvalue weighted by Crippen LogP contribution is -2.55. The molecule has 3 heterocycles. The number of morpholine rings is 1. The van der Waals surface area contributed by atoms with Crippen LogP contribution in [-0.4, -0.2) is 91.6 Å². The number of thiophene rings is 1. The first kappa shape index (κ1) is 19.3. The first-order valence-electron chi connectivity index (χ1n) is 9.25. The molecule has 2 saturated heterocycles. The quantitative estimate of drug-likeness (QED) is 0.765. The lowest BCUT2D eigenvalue weighted by atomic mass is 10.2. The van der Waals surface area contributed by atoms with Gasteiger partial charge in [0.05, 0.1) is 32.3 Å². The van der Waals surface area contributed by atoms with E-state index in [0.717, 1.165) is 31.1 Å². The average Bonchev–Trinajstić information content (AvgIpc) is 3.20. The Morgan fingerprint density at radius 3 is 2.58 bits per heavy atom. The van der Waals surface area contributed by atoms with E-state index in [9.17, 15) is 9.59 Å². The summed E-state index contributed by atoms with van der Waals surface area (Å²) in [7, 11) is 0. The Morgan fingerprint density at radius 1 is 1.19 bits per heavy atom. The van der Waals surface area contributed by atoms with Crippen molar-refractivity contribution in [3.63, 3.8) is 0 Å². The normalized spacial score (nSPS) is 20.7. The third-order valence-corrected chi connectivity index (χ3v) is 5.95. The Bertz CT molecular complexity index is 581. The monoisotopic (exact) mass is 380 g/mol. The summed E-state index contributed by atoms with van der Waals surface area (Å²) in [6.45, 7) is 8.93. The third kappa shape index (κ3) is 5.26. The number of amides is 2. The van der Waals surface area contributed by atoms with Crippen LogP contribution in [0.2, 0.25) is 0 Å². The van der Waals surface area contributed by atoms with Crippen LogP contribution >= 0.6 is 11.3 Å². The van der Waals surface area contributed by atoms with Crippen molar-refractivity contribution >= 4 is 23.2 Å². The summed E-state index contributed by atoms with van der Waals surface area (Å²) in [5.74, 6) is 0.250. The van der Waals surface area contributed by atoms with Gasteiger partial charge in [0, 0.05) is 44.1 Å². The number of piperazine rings is 1. The number of carbonyl (C=O) groups excluding carboxylic acids is 2. The Morgan fingerprint density at radius 2 is 1.92 bits per heavy atom. The summed E-state index contributed by atoms with van der Waals surface area (Å²) in [5.41, 5.74) is 0. The fraction of sp³-hybridized carbons (Fsp3) is 0.667. The number of carbonyl (C=O) groups is 2. The van der Waals surface area contributed by atoms with Gasteiger partial charge in [0.25, 0.3) is 0 Å². The molecule has 26 heavy (non-hydrogen) atoms. The molecule has 1 aromatic rings. The van der Waals surface area contributed by atoms with Crippen molar-refractivity contribution in [3.8, 4) is 0 Å². The first-order valence-corrected chi connectivity index (χ1v) is 10.1. The van der Waals surface area contributed by atoms with Gasteiger partial charge in [0.15, 0.2) is 0 Å². The molecule has 1 aromatic heterocycles. The molecule has 3 rings (SSSR count). The standard InChI is InChI=1S/C18H28N4O3S/c1-15(18(24)19-13-16-3-2-12-26-16)21-6-4-20(5-7-21)14-17(23)22-8-10-25-11-9-22/h2-3,12,15H,4-11,13-14H2,1H3,(H,19,24). The van der Waals surface area contributed by atoms with E-state index in [4.69, 9.17) is 4.74 Å². The number of hydrogen-bond donors (Lipinski definition) is 1. The molecule has 0 radical (unpaired) electrons. The molecule has 2 fully saturated rings. The van der Waals surface area contributed by atoms with Gasteiger partial charge in [-0.15, -0.1) is 11.3 Å². The average molecular weight is 381 g/mol. The predicted molar refractivity (Wildman–Crippen MR) is 101 cm³/mol. The fourth-order valence-electron chi connectivity index (χ4n) is 3.31. The highest BCUT2D eigenvalue weighted by atomic mass is 32.1. The van der Waals surface area contributed by atoms with Gasteiger partial charge in [0.2, 0.25) is 11.8 Å². The zero-order chi connectivity index (χ0) is 18.4. The number of hydrogen-bond acceptors (Lipinski definition) is 6. The van der Waals surface area contributed by atoms with Gasteiger partial charge in [-0.2, -0.15) is 0 Å². The second kappa shape index (κ2) is 9.45. The van der Waals surface area contributed by atoms with E-state index in [0.29, 0.717) is 39.4 Å². The van der Waals surface area contributed by atoms with Crippen LogP contribution in [0.25, 0.3) is 0 Å². The molecular formula is C18H28N4O3S. The van der Waals surface area contributed by atoms with Crippen LogP contribution in [0.1, 0.15) is 11.8 Å². The number of ether oxygens (including phenoxy) is 1. The maximum Gasteiger partial charge on any atom is 0.237 e. The van der Waals surface area contributed by atoms with E-state index >= 15 is 0 Å². The van der Waals surface area contributed by atoms with Gasteiger partial charge in [-0.3, -0.25) is 19.4 Å². The van der Waals surface area contributed by atoms with E-state index in [1.54, 1.807) is 11.3 Å². The molecule has 0 aliphatic carbocycles. The minimum absolute atomic E-state index is 0.0660. The van der Waals surface area contributed by atoms with Crippen molar-refractivity contribution in [2.75, 3.05) is 59.0 Å². The number of rotatable bonds is 6. The van der Waals surface area contributed by atoms with Gasteiger partial charge >= 0.3 is 0 Å². The number of nitrogens with one attached hydrogen (secondary N) is 1. The molecule has 2 amide bonds. The highest BCUT2D eigenvalue weighted by Gasteiger charge is 2.27. The van der Waals surface area contributed by atoms with E-state index < -0.39 is 0 Å². The molecule has 8 heteroatoms. The zero-order valence-electron chi connectivity index (χ0n) is 15.4. The minimum Gasteiger partial charge on any atom is -0.378 e.